The Bertz CT molecular complexity index is 5000. The van der Waals surface area contributed by atoms with E-state index < -0.39 is 0 Å². The van der Waals surface area contributed by atoms with E-state index in [1.165, 1.54) is 141 Å². The first-order valence-electron chi connectivity index (χ1n) is 29.7. The minimum atomic E-state index is 1.14. The third-order valence-corrected chi connectivity index (χ3v) is 17.7. The van der Waals surface area contributed by atoms with E-state index >= 15 is 0 Å². The topological polar surface area (TPSA) is 18.5 Å². The standard InChI is InChI=1S/C58H42N2.C24H19N/c1-35-25-36(2)28-47(27-35)59(49-31-43-21-17-39-9-5-10-40-18-22-44(32-49)57(43)55(39)40)53-15-7-14-52-51(53)13-8-16-54(52)60(48-29-37(3)26-38(4)30-48)50-33-45-23-19-41-11-6-12-42-20-24-46(34-50)58(45)56(41)42;1-15-10-16(2)12-21(11-15)25-22-13-19-8-6-17-4-3-5-18-7-9-20(14-22)24(19)23(17)18/h5-34H,1-4H3;3-14,25H,1-2H3. The molecule has 0 amide bonds. The van der Waals surface area contributed by atoms with E-state index in [1.807, 2.05) is 0 Å². The Balaban J connectivity index is 0.000000195. The van der Waals surface area contributed by atoms with Crippen molar-refractivity contribution in [3.8, 4) is 0 Å². The molecule has 17 aromatic rings. The summed E-state index contributed by atoms with van der Waals surface area (Å²) in [6.45, 7) is 13.1. The molecule has 0 saturated heterocycles. The molecule has 404 valence electrons. The molecule has 17 aromatic carbocycles. The molecule has 0 fully saturated rings. The molecule has 17 rings (SSSR count). The largest absolute Gasteiger partial charge is 0.355 e. The van der Waals surface area contributed by atoms with Gasteiger partial charge in [0, 0.05) is 44.9 Å². The third-order valence-electron chi connectivity index (χ3n) is 17.7. The zero-order valence-corrected chi connectivity index (χ0v) is 48.6. The van der Waals surface area contributed by atoms with Gasteiger partial charge >= 0.3 is 0 Å². The lowest BCUT2D eigenvalue weighted by molar-refractivity contribution is 1.26. The van der Waals surface area contributed by atoms with E-state index in [4.69, 9.17) is 0 Å². The van der Waals surface area contributed by atoms with Crippen LogP contribution in [0.3, 0.4) is 0 Å². The maximum absolute atomic E-state index is 3.59. The van der Waals surface area contributed by atoms with Gasteiger partial charge in [-0.25, -0.2) is 0 Å². The molecule has 0 aliphatic rings. The maximum Gasteiger partial charge on any atom is 0.0540 e. The zero-order chi connectivity index (χ0) is 57.2. The first-order valence-corrected chi connectivity index (χ1v) is 29.7. The average molecular weight is 1090 g/mol. The van der Waals surface area contributed by atoms with Gasteiger partial charge in [0.1, 0.15) is 0 Å². The summed E-state index contributed by atoms with van der Waals surface area (Å²) in [6.07, 6.45) is 0. The van der Waals surface area contributed by atoms with E-state index in [-0.39, 0.29) is 0 Å². The van der Waals surface area contributed by atoms with Crippen LogP contribution in [0.4, 0.5) is 45.5 Å². The Kier molecular flexibility index (Phi) is 11.6. The molecule has 0 aromatic heterocycles. The van der Waals surface area contributed by atoms with Crippen LogP contribution >= 0.6 is 0 Å². The maximum atomic E-state index is 3.59. The van der Waals surface area contributed by atoms with E-state index in [0.29, 0.717) is 0 Å². The lowest BCUT2D eigenvalue weighted by atomic mass is 9.93. The summed E-state index contributed by atoms with van der Waals surface area (Å²) < 4.78 is 0. The normalized spacial score (nSPS) is 11.9. The highest BCUT2D eigenvalue weighted by Gasteiger charge is 2.23. The molecule has 0 unspecified atom stereocenters. The fourth-order valence-electron chi connectivity index (χ4n) is 14.5. The highest BCUT2D eigenvalue weighted by atomic mass is 15.2. The second kappa shape index (κ2) is 19.6. The molecule has 1 N–H and O–H groups in total. The highest BCUT2D eigenvalue weighted by molar-refractivity contribution is 6.26. The summed E-state index contributed by atoms with van der Waals surface area (Å²) >= 11 is 0. The van der Waals surface area contributed by atoms with Gasteiger partial charge in [-0.05, 0) is 257 Å². The number of fused-ring (bicyclic) bond motifs is 1. The molecule has 0 atom stereocenters. The Morgan fingerprint density at radius 3 is 0.765 bits per heavy atom. The first kappa shape index (κ1) is 50.3. The number of rotatable bonds is 8. The van der Waals surface area contributed by atoms with Gasteiger partial charge in [-0.3, -0.25) is 0 Å². The molecule has 0 heterocycles. The Morgan fingerprint density at radius 1 is 0.212 bits per heavy atom. The van der Waals surface area contributed by atoms with Crippen molar-refractivity contribution >= 4 is 153 Å². The molecule has 0 bridgehead atoms. The first-order chi connectivity index (χ1) is 41.5. The van der Waals surface area contributed by atoms with E-state index in [0.717, 1.165) is 45.5 Å². The van der Waals surface area contributed by atoms with Crippen molar-refractivity contribution in [3.63, 3.8) is 0 Å². The summed E-state index contributed by atoms with van der Waals surface area (Å²) in [4.78, 5) is 4.96. The molecule has 0 radical (unpaired) electrons. The Hall–Kier alpha value is -10.5. The van der Waals surface area contributed by atoms with Gasteiger partial charge < -0.3 is 15.1 Å². The van der Waals surface area contributed by atoms with Crippen LogP contribution in [0, 0.1) is 41.5 Å². The predicted molar refractivity (Wildman–Crippen MR) is 369 cm³/mol. The molecule has 0 spiro atoms. The van der Waals surface area contributed by atoms with Crippen LogP contribution in [0.25, 0.3) is 108 Å². The average Bonchev–Trinajstić information content (AvgIpc) is 1.58. The van der Waals surface area contributed by atoms with Gasteiger partial charge in [0.05, 0.1) is 11.4 Å². The molecular formula is C82H61N3. The lowest BCUT2D eigenvalue weighted by Gasteiger charge is -2.31. The molecule has 85 heavy (non-hydrogen) atoms. The van der Waals surface area contributed by atoms with E-state index in [2.05, 4.69) is 311 Å². The van der Waals surface area contributed by atoms with Crippen LogP contribution in [0.5, 0.6) is 0 Å². The van der Waals surface area contributed by atoms with E-state index in [1.54, 1.807) is 0 Å². The molecule has 0 aliphatic heterocycles. The van der Waals surface area contributed by atoms with Crippen LogP contribution in [-0.4, -0.2) is 0 Å². The van der Waals surface area contributed by atoms with Crippen molar-refractivity contribution in [2.24, 2.45) is 0 Å². The van der Waals surface area contributed by atoms with Crippen molar-refractivity contribution in [1.29, 1.82) is 0 Å². The van der Waals surface area contributed by atoms with Gasteiger partial charge in [0.2, 0.25) is 0 Å². The quantitative estimate of drug-likeness (QED) is 0.153. The van der Waals surface area contributed by atoms with Gasteiger partial charge in [-0.15, -0.1) is 0 Å². The fraction of sp³-hybridized carbons (Fsp3) is 0.0732. The van der Waals surface area contributed by atoms with Crippen LogP contribution in [-0.2, 0) is 0 Å². The molecule has 3 heteroatoms. The second-order valence-corrected chi connectivity index (χ2v) is 24.0. The predicted octanol–water partition coefficient (Wildman–Crippen LogP) is 23.8. The minimum Gasteiger partial charge on any atom is -0.355 e. The number of hydrogen-bond acceptors (Lipinski definition) is 3. The van der Waals surface area contributed by atoms with Crippen LogP contribution < -0.4 is 15.1 Å². The molecule has 0 aliphatic carbocycles. The second-order valence-electron chi connectivity index (χ2n) is 24.0. The number of nitrogens with one attached hydrogen (secondary N) is 1. The zero-order valence-electron chi connectivity index (χ0n) is 48.6. The van der Waals surface area contributed by atoms with Crippen LogP contribution in [0.15, 0.2) is 255 Å². The molecule has 3 nitrogen and oxygen atoms in total. The number of benzene rings is 17. The monoisotopic (exact) mass is 1090 g/mol. The number of aryl methyl sites for hydroxylation is 6. The van der Waals surface area contributed by atoms with Gasteiger partial charge in [0.25, 0.3) is 0 Å². The number of anilines is 8. The fourth-order valence-corrected chi connectivity index (χ4v) is 14.5. The summed E-state index contributed by atoms with van der Waals surface area (Å²) in [5.74, 6) is 0. The van der Waals surface area contributed by atoms with Crippen molar-refractivity contribution in [2.45, 2.75) is 41.5 Å². The van der Waals surface area contributed by atoms with Gasteiger partial charge in [-0.2, -0.15) is 0 Å². The van der Waals surface area contributed by atoms with E-state index in [9.17, 15) is 0 Å². The minimum absolute atomic E-state index is 1.14. The molecule has 0 saturated carbocycles. The summed E-state index contributed by atoms with van der Waals surface area (Å²) in [5, 5.41) is 29.3. The SMILES string of the molecule is Cc1cc(C)cc(N(c2cc3ccc4cccc5ccc(c2)c3c45)c2cccc3c(N(c4cc(C)cc(C)c4)c4cc5ccc6cccc7ccc(c4)c5c67)cccc23)c1.Cc1cc(C)cc(Nc2cc3ccc4cccc5ccc(c2)c3c45)c1. The summed E-state index contributed by atoms with van der Waals surface area (Å²) in [5.41, 5.74) is 16.7. The Morgan fingerprint density at radius 2 is 0.447 bits per heavy atom. The third kappa shape index (κ3) is 8.57. The molecular weight excluding hydrogens is 1030 g/mol. The van der Waals surface area contributed by atoms with Gasteiger partial charge in [-0.1, -0.05) is 170 Å². The van der Waals surface area contributed by atoms with Crippen molar-refractivity contribution in [3.05, 3.63) is 288 Å². The lowest BCUT2D eigenvalue weighted by Crippen LogP contribution is -2.13. The summed E-state index contributed by atoms with van der Waals surface area (Å²) in [7, 11) is 0. The highest BCUT2D eigenvalue weighted by Crippen LogP contribution is 2.49. The van der Waals surface area contributed by atoms with Crippen LogP contribution in [0.2, 0.25) is 0 Å². The van der Waals surface area contributed by atoms with Gasteiger partial charge in [0.15, 0.2) is 0 Å². The van der Waals surface area contributed by atoms with Crippen molar-refractivity contribution in [2.75, 3.05) is 15.1 Å². The number of nitrogens with zero attached hydrogens (tertiary/aromatic N) is 2. The van der Waals surface area contributed by atoms with Crippen LogP contribution in [0.1, 0.15) is 33.4 Å². The summed E-state index contributed by atoms with van der Waals surface area (Å²) in [6, 6.07) is 95.1. The van der Waals surface area contributed by atoms with Crippen molar-refractivity contribution in [1.82, 2.24) is 0 Å². The smallest absolute Gasteiger partial charge is 0.0540 e. The van der Waals surface area contributed by atoms with Crippen molar-refractivity contribution < 1.29 is 0 Å². The number of hydrogen-bond donors (Lipinski definition) is 1. The Labute approximate surface area is 495 Å².